The number of aliphatic hydroxyl groups excluding tert-OH is 1. The van der Waals surface area contributed by atoms with E-state index in [2.05, 4.69) is 9.47 Å². The summed E-state index contributed by atoms with van der Waals surface area (Å²) in [7, 11) is 4.42. The van der Waals surface area contributed by atoms with Gasteiger partial charge >= 0.3 is 23.9 Å². The first kappa shape index (κ1) is 33.2. The predicted octanol–water partition coefficient (Wildman–Crippen LogP) is 0.0182. The fraction of sp³-hybridized carbons (Fsp3) is 0.846. The molecule has 2 N–H and O–H groups in total. The van der Waals surface area contributed by atoms with Crippen LogP contribution >= 0.6 is 0 Å². The van der Waals surface area contributed by atoms with E-state index in [1.165, 1.54) is 28.1 Å². The number of carbonyl (C=O) groups excluding carboxylic acids is 4. The minimum atomic E-state index is -1.34. The molecule has 8 atom stereocenters. The minimum absolute atomic E-state index is 0.0924. The van der Waals surface area contributed by atoms with Gasteiger partial charge in [-0.25, -0.2) is 0 Å². The molecule has 3 aliphatic rings. The van der Waals surface area contributed by atoms with Gasteiger partial charge in [-0.3, -0.25) is 19.2 Å². The zero-order chi connectivity index (χ0) is 30.0. The topological polar surface area (TPSA) is 173 Å². The molecule has 39 heavy (non-hydrogen) atoms. The van der Waals surface area contributed by atoms with Crippen LogP contribution in [0.5, 0.6) is 0 Å². The molecule has 0 aliphatic carbocycles. The maximum Gasteiger partial charge on any atom is 0.320 e. The molecule has 0 saturated carbocycles. The van der Waals surface area contributed by atoms with E-state index >= 15 is 0 Å². The lowest BCUT2D eigenvalue weighted by molar-refractivity contribution is -0.366. The molecule has 5 unspecified atom stereocenters. The summed E-state index contributed by atoms with van der Waals surface area (Å²) in [5.74, 6) is -6.00. The summed E-state index contributed by atoms with van der Waals surface area (Å²) >= 11 is 0. The largest absolute Gasteiger partial charge is 0.394 e. The van der Waals surface area contributed by atoms with Gasteiger partial charge in [-0.15, -0.1) is 0 Å². The first-order chi connectivity index (χ1) is 18.0. The Morgan fingerprint density at radius 1 is 0.897 bits per heavy atom. The van der Waals surface area contributed by atoms with Crippen LogP contribution in [0.25, 0.3) is 0 Å². The maximum absolute atomic E-state index is 11.7. The molecular weight excluding hydrogens is 520 g/mol. The average molecular weight is 563 g/mol. The molecule has 3 aliphatic heterocycles. The van der Waals surface area contributed by atoms with E-state index in [0.29, 0.717) is 0 Å². The second kappa shape index (κ2) is 12.2. The van der Waals surface area contributed by atoms with Gasteiger partial charge in [0, 0.05) is 21.3 Å². The van der Waals surface area contributed by atoms with Gasteiger partial charge in [0.25, 0.3) is 0 Å². The third-order valence-corrected chi connectivity index (χ3v) is 8.73. The van der Waals surface area contributed by atoms with Crippen molar-refractivity contribution in [3.05, 3.63) is 0 Å². The summed E-state index contributed by atoms with van der Waals surface area (Å²) in [6, 6.07) is 0. The van der Waals surface area contributed by atoms with Gasteiger partial charge in [0.1, 0.15) is 22.4 Å². The molecule has 3 saturated heterocycles. The molecule has 3 fully saturated rings. The lowest BCUT2D eigenvalue weighted by Crippen LogP contribution is -2.79. The molecular formula is C26H42O13. The van der Waals surface area contributed by atoms with Gasteiger partial charge in [0.15, 0.2) is 0 Å². The first-order valence-electron chi connectivity index (χ1n) is 12.7. The second-order valence-corrected chi connectivity index (χ2v) is 10.9. The SMILES string of the molecule is COC(C1C(=O)OC(=O)C1C)C1C(=O)OC(=O)C1C.COC[C@@]1(C)OC[C@@](C)(OC)[C@@](C)(O)C1(C)OCCO. The van der Waals surface area contributed by atoms with E-state index in [1.807, 2.05) is 6.92 Å². The van der Waals surface area contributed by atoms with Crippen molar-refractivity contribution >= 4 is 23.9 Å². The smallest absolute Gasteiger partial charge is 0.320 e. The quantitative estimate of drug-likeness (QED) is 0.285. The fourth-order valence-electron chi connectivity index (χ4n) is 5.43. The number of ether oxygens (including phenoxy) is 7. The molecule has 13 nitrogen and oxygen atoms in total. The highest BCUT2D eigenvalue weighted by Crippen LogP contribution is 2.50. The minimum Gasteiger partial charge on any atom is -0.394 e. The molecule has 224 valence electrons. The summed E-state index contributed by atoms with van der Waals surface area (Å²) in [5.41, 5.74) is -4.24. The van der Waals surface area contributed by atoms with Crippen LogP contribution in [0.15, 0.2) is 0 Å². The average Bonchev–Trinajstić information content (AvgIpc) is 3.28. The summed E-state index contributed by atoms with van der Waals surface area (Å²) in [6.45, 7) is 10.5. The Balaban J connectivity index is 0.000000274. The normalized spacial score (nSPS) is 41.1. The van der Waals surface area contributed by atoms with Crippen LogP contribution in [0.1, 0.15) is 41.5 Å². The first-order valence-corrected chi connectivity index (χ1v) is 12.7. The highest BCUT2D eigenvalue weighted by atomic mass is 16.6. The Morgan fingerprint density at radius 2 is 1.38 bits per heavy atom. The van der Waals surface area contributed by atoms with Crippen LogP contribution < -0.4 is 0 Å². The zero-order valence-electron chi connectivity index (χ0n) is 24.1. The van der Waals surface area contributed by atoms with Gasteiger partial charge < -0.3 is 43.4 Å². The van der Waals surface area contributed by atoms with E-state index in [1.54, 1.807) is 27.9 Å². The number of cyclic esters (lactones) is 4. The van der Waals surface area contributed by atoms with Crippen molar-refractivity contribution in [1.82, 2.24) is 0 Å². The third kappa shape index (κ3) is 5.63. The molecule has 13 heteroatoms. The molecule has 0 bridgehead atoms. The van der Waals surface area contributed by atoms with E-state index in [9.17, 15) is 24.3 Å². The van der Waals surface area contributed by atoms with E-state index in [0.717, 1.165) is 0 Å². The van der Waals surface area contributed by atoms with Crippen LogP contribution in [-0.2, 0) is 52.3 Å². The number of esters is 4. The van der Waals surface area contributed by atoms with Crippen LogP contribution in [0.3, 0.4) is 0 Å². The summed E-state index contributed by atoms with van der Waals surface area (Å²) in [6.07, 6.45) is -0.914. The number of hydrogen-bond acceptors (Lipinski definition) is 13. The van der Waals surface area contributed by atoms with E-state index in [4.69, 9.17) is 28.8 Å². The Kier molecular flexibility index (Phi) is 10.4. The highest BCUT2D eigenvalue weighted by Gasteiger charge is 2.69. The highest BCUT2D eigenvalue weighted by molar-refractivity contribution is 5.99. The molecule has 3 rings (SSSR count). The van der Waals surface area contributed by atoms with Crippen LogP contribution in [0, 0.1) is 23.7 Å². The van der Waals surface area contributed by atoms with Gasteiger partial charge in [-0.2, -0.15) is 0 Å². The molecule has 0 spiro atoms. The van der Waals surface area contributed by atoms with Crippen molar-refractivity contribution in [2.45, 2.75) is 70.1 Å². The van der Waals surface area contributed by atoms with Crippen molar-refractivity contribution < 1.29 is 62.5 Å². The van der Waals surface area contributed by atoms with Crippen LogP contribution in [-0.4, -0.2) is 110 Å². The number of rotatable bonds is 9. The van der Waals surface area contributed by atoms with E-state index < -0.39 is 76.1 Å². The second-order valence-electron chi connectivity index (χ2n) is 10.9. The standard InChI is InChI=1S/C14H28O6.C12H14O7/c1-11(18-6)10-20-12(2,9-17-5)14(4,13(11,3)16)19-8-7-15;1-4-6(11(15)18-9(4)13)8(17-3)7-5(2)10(14)19-12(7)16/h15-16H,7-10H2,1-6H3;4-8H,1-3H3/t11-,12-,13-,14?;/m1./s1. The molecule has 0 aromatic carbocycles. The number of hydrogen-bond donors (Lipinski definition) is 2. The molecule has 0 aromatic heterocycles. The molecule has 0 aromatic rings. The van der Waals surface area contributed by atoms with Crippen LogP contribution in [0.2, 0.25) is 0 Å². The Hall–Kier alpha value is -2.00. The lowest BCUT2D eigenvalue weighted by Gasteiger charge is -2.62. The zero-order valence-corrected chi connectivity index (χ0v) is 24.1. The van der Waals surface area contributed by atoms with Gasteiger partial charge in [-0.1, -0.05) is 13.8 Å². The van der Waals surface area contributed by atoms with Crippen molar-refractivity contribution in [2.24, 2.45) is 23.7 Å². The number of aliphatic hydroxyl groups is 2. The molecule has 3 heterocycles. The van der Waals surface area contributed by atoms with Crippen molar-refractivity contribution in [2.75, 3.05) is 47.8 Å². The van der Waals surface area contributed by atoms with Gasteiger partial charge in [0.2, 0.25) is 0 Å². The van der Waals surface area contributed by atoms with Crippen molar-refractivity contribution in [3.63, 3.8) is 0 Å². The fourth-order valence-corrected chi connectivity index (χ4v) is 5.43. The summed E-state index contributed by atoms with van der Waals surface area (Å²) in [5, 5.41) is 20.2. The summed E-state index contributed by atoms with van der Waals surface area (Å²) < 4.78 is 36.7. The summed E-state index contributed by atoms with van der Waals surface area (Å²) in [4.78, 5) is 46.1. The van der Waals surface area contributed by atoms with Gasteiger partial charge in [0.05, 0.1) is 56.2 Å². The lowest BCUT2D eigenvalue weighted by atomic mass is 9.64. The molecule has 0 amide bonds. The Bertz CT molecular complexity index is 895. The monoisotopic (exact) mass is 562 g/mol. The van der Waals surface area contributed by atoms with E-state index in [-0.39, 0.29) is 26.4 Å². The predicted molar refractivity (Wildman–Crippen MR) is 132 cm³/mol. The molecule has 0 radical (unpaired) electrons. The van der Waals surface area contributed by atoms with Gasteiger partial charge in [-0.05, 0) is 27.7 Å². The third-order valence-electron chi connectivity index (χ3n) is 8.73. The maximum atomic E-state index is 11.7. The van der Waals surface area contributed by atoms with Crippen LogP contribution in [0.4, 0.5) is 0 Å². The Labute approximate surface area is 228 Å². The Morgan fingerprint density at radius 3 is 1.72 bits per heavy atom. The number of carbonyl (C=O) groups is 4. The number of methoxy groups -OCH3 is 3. The van der Waals surface area contributed by atoms with Crippen molar-refractivity contribution in [3.8, 4) is 0 Å². The van der Waals surface area contributed by atoms with Crippen molar-refractivity contribution in [1.29, 1.82) is 0 Å².